The second-order valence-corrected chi connectivity index (χ2v) is 5.46. The molecule has 3 heterocycles. The van der Waals surface area contributed by atoms with E-state index in [9.17, 15) is 4.79 Å². The smallest absolute Gasteiger partial charge is 0.289 e. The number of carbonyl (C=O) groups is 1. The van der Waals surface area contributed by atoms with Crippen molar-refractivity contribution < 1.29 is 9.21 Å². The molecule has 0 N–H and O–H groups in total. The van der Waals surface area contributed by atoms with Crippen LogP contribution in [0.5, 0.6) is 0 Å². The first-order valence-electron chi connectivity index (χ1n) is 7.13. The molecule has 4 nitrogen and oxygen atoms in total. The van der Waals surface area contributed by atoms with Crippen molar-refractivity contribution in [2.24, 2.45) is 7.05 Å². The fourth-order valence-corrected chi connectivity index (χ4v) is 3.26. The molecule has 1 amide bonds. The maximum Gasteiger partial charge on any atom is 0.289 e. The molecule has 1 aromatic carbocycles. The van der Waals surface area contributed by atoms with Crippen LogP contribution in [0.25, 0.3) is 10.9 Å². The van der Waals surface area contributed by atoms with Gasteiger partial charge in [0.1, 0.15) is 0 Å². The van der Waals surface area contributed by atoms with Crippen LogP contribution in [-0.4, -0.2) is 21.9 Å². The van der Waals surface area contributed by atoms with Gasteiger partial charge in [-0.1, -0.05) is 18.2 Å². The Morgan fingerprint density at radius 3 is 2.86 bits per heavy atom. The molecule has 21 heavy (non-hydrogen) atoms. The zero-order chi connectivity index (χ0) is 14.4. The summed E-state index contributed by atoms with van der Waals surface area (Å²) >= 11 is 0. The Balaban J connectivity index is 1.75. The summed E-state index contributed by atoms with van der Waals surface area (Å²) in [7, 11) is 2.10. The molecule has 1 aliphatic rings. The highest BCUT2D eigenvalue weighted by atomic mass is 16.3. The molecule has 0 saturated carbocycles. The third-order valence-electron chi connectivity index (χ3n) is 4.33. The summed E-state index contributed by atoms with van der Waals surface area (Å²) in [6, 6.07) is 11.8. The van der Waals surface area contributed by atoms with Crippen LogP contribution in [0.3, 0.4) is 0 Å². The van der Waals surface area contributed by atoms with Gasteiger partial charge in [-0.05, 0) is 18.2 Å². The number of carbonyl (C=O) groups excluding carboxylic acids is 1. The van der Waals surface area contributed by atoms with Crippen LogP contribution in [0.1, 0.15) is 21.8 Å². The van der Waals surface area contributed by atoms with Gasteiger partial charge in [-0.3, -0.25) is 4.79 Å². The van der Waals surface area contributed by atoms with Crippen molar-refractivity contribution in [3.8, 4) is 0 Å². The van der Waals surface area contributed by atoms with Crippen LogP contribution in [0, 0.1) is 0 Å². The van der Waals surface area contributed by atoms with E-state index in [1.807, 2.05) is 4.90 Å². The number of hydrogen-bond acceptors (Lipinski definition) is 2. The Kier molecular flexibility index (Phi) is 2.64. The number of furan rings is 1. The van der Waals surface area contributed by atoms with Gasteiger partial charge in [-0.25, -0.2) is 0 Å². The maximum absolute atomic E-state index is 12.4. The summed E-state index contributed by atoms with van der Waals surface area (Å²) in [5, 5.41) is 1.24. The quantitative estimate of drug-likeness (QED) is 0.687. The standard InChI is InChI=1S/C17H16N2O2/c1-18-14-6-3-2-5-12(14)13-11-19(9-8-15(13)18)17(20)16-7-4-10-21-16/h2-7,10H,8-9,11H2,1H3. The van der Waals surface area contributed by atoms with Crippen molar-refractivity contribution >= 4 is 16.8 Å². The summed E-state index contributed by atoms with van der Waals surface area (Å²) < 4.78 is 7.48. The SMILES string of the molecule is Cn1c2c(c3ccccc31)CN(C(=O)c1ccco1)CC2. The van der Waals surface area contributed by atoms with E-state index in [0.717, 1.165) is 13.0 Å². The number of rotatable bonds is 1. The van der Waals surface area contributed by atoms with Crippen molar-refractivity contribution in [1.82, 2.24) is 9.47 Å². The van der Waals surface area contributed by atoms with Crippen LogP contribution in [0.4, 0.5) is 0 Å². The van der Waals surface area contributed by atoms with E-state index in [2.05, 4.69) is 35.9 Å². The number of nitrogens with zero attached hydrogens (tertiary/aromatic N) is 2. The third-order valence-corrected chi connectivity index (χ3v) is 4.33. The molecule has 0 radical (unpaired) electrons. The molecule has 3 aromatic rings. The molecule has 0 saturated heterocycles. The molecule has 0 atom stereocenters. The molecular formula is C17H16N2O2. The van der Waals surface area contributed by atoms with Crippen molar-refractivity contribution in [3.05, 3.63) is 59.7 Å². The maximum atomic E-state index is 12.4. The van der Waals surface area contributed by atoms with Crippen molar-refractivity contribution in [1.29, 1.82) is 0 Å². The van der Waals surface area contributed by atoms with Gasteiger partial charge >= 0.3 is 0 Å². The average molecular weight is 280 g/mol. The Morgan fingerprint density at radius 2 is 2.05 bits per heavy atom. The fourth-order valence-electron chi connectivity index (χ4n) is 3.26. The minimum absolute atomic E-state index is 0.0291. The number of aryl methyl sites for hydroxylation is 1. The predicted molar refractivity (Wildman–Crippen MR) is 80.1 cm³/mol. The lowest BCUT2D eigenvalue weighted by Crippen LogP contribution is -2.36. The fraction of sp³-hybridized carbons (Fsp3) is 0.235. The number of amides is 1. The highest BCUT2D eigenvalue weighted by molar-refractivity contribution is 5.92. The third kappa shape index (κ3) is 1.79. The molecule has 1 aliphatic heterocycles. The van der Waals surface area contributed by atoms with Gasteiger partial charge < -0.3 is 13.9 Å². The lowest BCUT2D eigenvalue weighted by atomic mass is 10.0. The van der Waals surface area contributed by atoms with Crippen LogP contribution < -0.4 is 0 Å². The topological polar surface area (TPSA) is 38.4 Å². The molecule has 4 heteroatoms. The number of fused-ring (bicyclic) bond motifs is 3. The van der Waals surface area contributed by atoms with Gasteiger partial charge in [0, 0.05) is 48.7 Å². The molecule has 4 rings (SSSR count). The molecule has 0 bridgehead atoms. The van der Waals surface area contributed by atoms with Gasteiger partial charge in [-0.2, -0.15) is 0 Å². The van der Waals surface area contributed by atoms with E-state index in [1.54, 1.807) is 18.4 Å². The summed E-state index contributed by atoms with van der Waals surface area (Å²) in [5.41, 5.74) is 3.83. The minimum Gasteiger partial charge on any atom is -0.459 e. The summed E-state index contributed by atoms with van der Waals surface area (Å²) in [6.07, 6.45) is 2.42. The summed E-state index contributed by atoms with van der Waals surface area (Å²) in [4.78, 5) is 14.3. The molecule has 2 aromatic heterocycles. The zero-order valence-corrected chi connectivity index (χ0v) is 11.9. The largest absolute Gasteiger partial charge is 0.459 e. The summed E-state index contributed by atoms with van der Waals surface area (Å²) in [6.45, 7) is 1.38. The van der Waals surface area contributed by atoms with E-state index < -0.39 is 0 Å². The first kappa shape index (κ1) is 12.3. The van der Waals surface area contributed by atoms with Gasteiger partial charge in [0.25, 0.3) is 5.91 Å². The highest BCUT2D eigenvalue weighted by Gasteiger charge is 2.27. The highest BCUT2D eigenvalue weighted by Crippen LogP contribution is 2.30. The molecular weight excluding hydrogens is 264 g/mol. The lowest BCUT2D eigenvalue weighted by molar-refractivity contribution is 0.0702. The Hall–Kier alpha value is -2.49. The van der Waals surface area contributed by atoms with E-state index >= 15 is 0 Å². The molecule has 106 valence electrons. The monoisotopic (exact) mass is 280 g/mol. The number of benzene rings is 1. The zero-order valence-electron chi connectivity index (χ0n) is 11.9. The second kappa shape index (κ2) is 4.52. The lowest BCUT2D eigenvalue weighted by Gasteiger charge is -2.27. The average Bonchev–Trinajstić information content (AvgIpc) is 3.15. The van der Waals surface area contributed by atoms with Crippen molar-refractivity contribution in [2.45, 2.75) is 13.0 Å². The van der Waals surface area contributed by atoms with Crippen LogP contribution in [0.15, 0.2) is 47.1 Å². The van der Waals surface area contributed by atoms with Gasteiger partial charge in [-0.15, -0.1) is 0 Å². The molecule has 0 aliphatic carbocycles. The van der Waals surface area contributed by atoms with E-state index in [4.69, 9.17) is 4.42 Å². The summed E-state index contributed by atoms with van der Waals surface area (Å²) in [5.74, 6) is 0.386. The van der Waals surface area contributed by atoms with E-state index in [1.165, 1.54) is 22.2 Å². The van der Waals surface area contributed by atoms with Crippen LogP contribution in [0.2, 0.25) is 0 Å². The Morgan fingerprint density at radius 1 is 1.19 bits per heavy atom. The van der Waals surface area contributed by atoms with Crippen molar-refractivity contribution in [2.75, 3.05) is 6.54 Å². The number of aromatic nitrogens is 1. The minimum atomic E-state index is -0.0291. The van der Waals surface area contributed by atoms with Gasteiger partial charge in [0.15, 0.2) is 5.76 Å². The first-order chi connectivity index (χ1) is 10.3. The molecule has 0 fully saturated rings. The normalized spacial score (nSPS) is 14.4. The van der Waals surface area contributed by atoms with Gasteiger partial charge in [0.05, 0.1) is 6.26 Å². The number of hydrogen-bond donors (Lipinski definition) is 0. The number of para-hydroxylation sites is 1. The van der Waals surface area contributed by atoms with Crippen LogP contribution in [-0.2, 0) is 20.0 Å². The van der Waals surface area contributed by atoms with E-state index in [0.29, 0.717) is 12.3 Å². The predicted octanol–water partition coefficient (Wildman–Crippen LogP) is 2.97. The molecule has 0 spiro atoms. The van der Waals surface area contributed by atoms with Crippen molar-refractivity contribution in [3.63, 3.8) is 0 Å². The van der Waals surface area contributed by atoms with Gasteiger partial charge in [0.2, 0.25) is 0 Å². The van der Waals surface area contributed by atoms with E-state index in [-0.39, 0.29) is 5.91 Å². The van der Waals surface area contributed by atoms with Crippen LogP contribution >= 0.6 is 0 Å². The Bertz CT molecular complexity index is 815. The molecule has 0 unspecified atom stereocenters. The first-order valence-corrected chi connectivity index (χ1v) is 7.13. The second-order valence-electron chi connectivity index (χ2n) is 5.46. The Labute approximate surface area is 122 Å².